The first-order valence-electron chi connectivity index (χ1n) is 6.24. The first kappa shape index (κ1) is 12.6. The summed E-state index contributed by atoms with van der Waals surface area (Å²) in [6.07, 6.45) is 3.08. The maximum atomic E-state index is 4.53. The molecule has 0 N–H and O–H groups in total. The number of hydrogen-bond donors (Lipinski definition) is 0. The van der Waals surface area contributed by atoms with Gasteiger partial charge in [0.15, 0.2) is 0 Å². The third kappa shape index (κ3) is 2.68. The van der Waals surface area contributed by atoms with Gasteiger partial charge in [-0.1, -0.05) is 34.6 Å². The summed E-state index contributed by atoms with van der Waals surface area (Å²) in [5.41, 5.74) is 2.95. The van der Waals surface area contributed by atoms with Crippen LogP contribution in [0.4, 0.5) is 0 Å². The largest absolute Gasteiger partial charge is 0.265 e. The van der Waals surface area contributed by atoms with Crippen molar-refractivity contribution in [1.29, 1.82) is 0 Å². The van der Waals surface area contributed by atoms with Crippen LogP contribution in [0.3, 0.4) is 0 Å². The number of thiophene rings is 1. The molecule has 92 valence electrons. The van der Waals surface area contributed by atoms with Crippen LogP contribution in [0, 0.1) is 5.92 Å². The number of rotatable bonds is 2. The van der Waals surface area contributed by atoms with Crippen LogP contribution in [0.2, 0.25) is 0 Å². The molecule has 0 aromatic carbocycles. The molecule has 17 heavy (non-hydrogen) atoms. The zero-order chi connectivity index (χ0) is 12.6. The van der Waals surface area contributed by atoms with E-state index < -0.39 is 0 Å². The van der Waals surface area contributed by atoms with E-state index >= 15 is 0 Å². The van der Waals surface area contributed by atoms with Crippen molar-refractivity contribution in [2.75, 3.05) is 0 Å². The molecule has 2 heteroatoms. The molecule has 0 aliphatic carbocycles. The predicted molar refractivity (Wildman–Crippen MR) is 77.9 cm³/mol. The van der Waals surface area contributed by atoms with Gasteiger partial charge in [0.05, 0.1) is 0 Å². The molecule has 1 nitrogen and oxygen atoms in total. The summed E-state index contributed by atoms with van der Waals surface area (Å²) in [6.45, 7) is 11.2. The van der Waals surface area contributed by atoms with E-state index in [0.717, 1.165) is 6.42 Å². The first-order chi connectivity index (χ1) is 7.88. The van der Waals surface area contributed by atoms with Crippen LogP contribution in [0.25, 0.3) is 5.57 Å². The summed E-state index contributed by atoms with van der Waals surface area (Å²) in [6, 6.07) is 4.50. The monoisotopic (exact) mass is 247 g/mol. The maximum absolute atomic E-state index is 4.53. The number of aliphatic imine (C=N–C) groups is 1. The maximum Gasteiger partial charge on any atom is 0.0324 e. The SMILES string of the molecule is CC(C)C1=NC=C(c2ccc(C(C)(C)C)s2)C1. The van der Waals surface area contributed by atoms with Crippen molar-refractivity contribution in [3.8, 4) is 0 Å². The lowest BCUT2D eigenvalue weighted by Gasteiger charge is -2.15. The minimum Gasteiger partial charge on any atom is -0.265 e. The van der Waals surface area contributed by atoms with Crippen LogP contribution in [0.15, 0.2) is 23.3 Å². The second-order valence-electron chi connectivity index (χ2n) is 6.02. The van der Waals surface area contributed by atoms with Gasteiger partial charge in [-0.2, -0.15) is 0 Å². The van der Waals surface area contributed by atoms with Crippen molar-refractivity contribution in [1.82, 2.24) is 0 Å². The molecule has 0 radical (unpaired) electrons. The van der Waals surface area contributed by atoms with Gasteiger partial charge in [-0.05, 0) is 29.0 Å². The third-order valence-corrected chi connectivity index (χ3v) is 4.67. The van der Waals surface area contributed by atoms with Crippen molar-refractivity contribution in [2.24, 2.45) is 10.9 Å². The Morgan fingerprint density at radius 3 is 2.41 bits per heavy atom. The van der Waals surface area contributed by atoms with Gasteiger partial charge in [0.25, 0.3) is 0 Å². The Bertz CT molecular complexity index is 469. The summed E-state index contributed by atoms with van der Waals surface area (Å²) < 4.78 is 0. The van der Waals surface area contributed by atoms with Crippen molar-refractivity contribution in [3.05, 3.63) is 28.1 Å². The van der Waals surface area contributed by atoms with E-state index in [-0.39, 0.29) is 5.41 Å². The smallest absolute Gasteiger partial charge is 0.0324 e. The molecule has 0 saturated heterocycles. The normalized spacial score (nSPS) is 16.4. The summed E-state index contributed by atoms with van der Waals surface area (Å²) in [7, 11) is 0. The molecule has 0 unspecified atom stereocenters. The Morgan fingerprint density at radius 2 is 1.94 bits per heavy atom. The molecule has 0 atom stereocenters. The van der Waals surface area contributed by atoms with Gasteiger partial charge in [0, 0.05) is 28.1 Å². The Hall–Kier alpha value is -0.890. The number of nitrogens with zero attached hydrogens (tertiary/aromatic N) is 1. The zero-order valence-corrected chi connectivity index (χ0v) is 12.2. The molecule has 1 aromatic rings. The predicted octanol–water partition coefficient (Wildman–Crippen LogP) is 4.89. The van der Waals surface area contributed by atoms with E-state index in [0.29, 0.717) is 5.92 Å². The average Bonchev–Trinajstić information content (AvgIpc) is 2.85. The first-order valence-corrected chi connectivity index (χ1v) is 7.06. The molecule has 0 spiro atoms. The highest BCUT2D eigenvalue weighted by molar-refractivity contribution is 7.13. The van der Waals surface area contributed by atoms with E-state index in [4.69, 9.17) is 0 Å². The quantitative estimate of drug-likeness (QED) is 0.705. The fourth-order valence-corrected chi connectivity index (χ4v) is 2.94. The fourth-order valence-electron chi connectivity index (χ4n) is 1.86. The third-order valence-electron chi connectivity index (χ3n) is 3.09. The molecule has 2 rings (SSSR count). The molecule has 2 heterocycles. The Kier molecular flexibility index (Phi) is 3.26. The molecule has 1 aliphatic heterocycles. The van der Waals surface area contributed by atoms with Crippen LogP contribution >= 0.6 is 11.3 Å². The van der Waals surface area contributed by atoms with Crippen molar-refractivity contribution >= 4 is 22.6 Å². The van der Waals surface area contributed by atoms with Gasteiger partial charge in [-0.3, -0.25) is 4.99 Å². The highest BCUT2D eigenvalue weighted by Gasteiger charge is 2.20. The van der Waals surface area contributed by atoms with E-state index in [2.05, 4.69) is 51.7 Å². The second kappa shape index (κ2) is 4.41. The van der Waals surface area contributed by atoms with E-state index in [1.807, 2.05) is 17.5 Å². The van der Waals surface area contributed by atoms with Gasteiger partial charge >= 0.3 is 0 Å². The molecule has 0 saturated carbocycles. The summed E-state index contributed by atoms with van der Waals surface area (Å²) in [5.74, 6) is 0.561. The van der Waals surface area contributed by atoms with Crippen molar-refractivity contribution < 1.29 is 0 Å². The lowest BCUT2D eigenvalue weighted by atomic mass is 9.95. The molecule has 0 bridgehead atoms. The van der Waals surface area contributed by atoms with Crippen LogP contribution in [0.5, 0.6) is 0 Å². The molecular weight excluding hydrogens is 226 g/mol. The minimum atomic E-state index is 0.254. The van der Waals surface area contributed by atoms with Gasteiger partial charge < -0.3 is 0 Å². The summed E-state index contributed by atoms with van der Waals surface area (Å²) >= 11 is 1.91. The van der Waals surface area contributed by atoms with E-state index in [9.17, 15) is 0 Å². The lowest BCUT2D eigenvalue weighted by Crippen LogP contribution is -2.07. The van der Waals surface area contributed by atoms with E-state index in [1.54, 1.807) is 0 Å². The van der Waals surface area contributed by atoms with Crippen LogP contribution in [-0.4, -0.2) is 5.71 Å². The lowest BCUT2D eigenvalue weighted by molar-refractivity contribution is 0.604. The van der Waals surface area contributed by atoms with Gasteiger partial charge in [0.1, 0.15) is 0 Å². The van der Waals surface area contributed by atoms with Crippen LogP contribution in [-0.2, 0) is 5.41 Å². The van der Waals surface area contributed by atoms with Crippen LogP contribution in [0.1, 0.15) is 50.8 Å². The molecule has 0 amide bonds. The molecule has 1 aromatic heterocycles. The summed E-state index contributed by atoms with van der Waals surface area (Å²) in [5, 5.41) is 0. The average molecular weight is 247 g/mol. The Balaban J connectivity index is 2.14. The second-order valence-corrected chi connectivity index (χ2v) is 7.10. The van der Waals surface area contributed by atoms with E-state index in [1.165, 1.54) is 21.0 Å². The molecular formula is C15H21NS. The fraction of sp³-hybridized carbons (Fsp3) is 0.533. The van der Waals surface area contributed by atoms with Gasteiger partial charge in [0.2, 0.25) is 0 Å². The van der Waals surface area contributed by atoms with Crippen molar-refractivity contribution in [3.63, 3.8) is 0 Å². The number of allylic oxidation sites excluding steroid dienone is 1. The Morgan fingerprint density at radius 1 is 1.24 bits per heavy atom. The number of hydrogen-bond acceptors (Lipinski definition) is 2. The van der Waals surface area contributed by atoms with Crippen molar-refractivity contribution in [2.45, 2.75) is 46.5 Å². The van der Waals surface area contributed by atoms with Gasteiger partial charge in [-0.15, -0.1) is 11.3 Å². The molecule has 0 fully saturated rings. The topological polar surface area (TPSA) is 12.4 Å². The standard InChI is InChI=1S/C15H21NS/c1-10(2)12-8-11(9-16-12)13-6-7-14(17-13)15(3,4)5/h6-7,9-10H,8H2,1-5H3. The highest BCUT2D eigenvalue weighted by atomic mass is 32.1. The minimum absolute atomic E-state index is 0.254. The Labute approximate surface area is 108 Å². The van der Waals surface area contributed by atoms with Gasteiger partial charge in [-0.25, -0.2) is 0 Å². The zero-order valence-electron chi connectivity index (χ0n) is 11.4. The highest BCUT2D eigenvalue weighted by Crippen LogP contribution is 2.35. The summed E-state index contributed by atoms with van der Waals surface area (Å²) in [4.78, 5) is 7.36. The van der Waals surface area contributed by atoms with Crippen LogP contribution < -0.4 is 0 Å². The molecule has 1 aliphatic rings.